The third kappa shape index (κ3) is 36.8. The lowest BCUT2D eigenvalue weighted by molar-refractivity contribution is -0.870. The van der Waals surface area contributed by atoms with E-state index in [2.05, 4.69) is 55.6 Å². The van der Waals surface area contributed by atoms with Crippen LogP contribution in [0.2, 0.25) is 0 Å². The summed E-state index contributed by atoms with van der Waals surface area (Å²) < 4.78 is 23.1. The summed E-state index contributed by atoms with van der Waals surface area (Å²) in [4.78, 5) is 25.2. The third-order valence-corrected chi connectivity index (χ3v) is 9.98. The maximum Gasteiger partial charge on any atom is 0.268 e. The monoisotopic (exact) mass is 753 g/mol. The van der Waals surface area contributed by atoms with Crippen LogP contribution in [0.1, 0.15) is 168 Å². The van der Waals surface area contributed by atoms with Crippen LogP contribution in [-0.2, 0) is 18.4 Å². The van der Waals surface area contributed by atoms with Gasteiger partial charge in [0, 0.05) is 6.42 Å². The summed E-state index contributed by atoms with van der Waals surface area (Å²) >= 11 is 0. The van der Waals surface area contributed by atoms with Gasteiger partial charge < -0.3 is 28.8 Å². The Morgan fingerprint density at radius 1 is 0.673 bits per heavy atom. The molecule has 0 heterocycles. The fourth-order valence-electron chi connectivity index (χ4n) is 5.61. The Kier molecular flexibility index (Phi) is 34.1. The maximum absolute atomic E-state index is 12.8. The molecule has 0 aliphatic carbocycles. The molecule has 0 spiro atoms. The topological polar surface area (TPSA) is 108 Å². The van der Waals surface area contributed by atoms with Gasteiger partial charge in [0.25, 0.3) is 7.82 Å². The minimum Gasteiger partial charge on any atom is -0.756 e. The number of hydrogen-bond acceptors (Lipinski definition) is 6. The van der Waals surface area contributed by atoms with Crippen molar-refractivity contribution >= 4 is 13.7 Å². The molecule has 0 bridgehead atoms. The highest BCUT2D eigenvalue weighted by atomic mass is 31.2. The molecule has 0 aliphatic heterocycles. The number of nitrogens with zero attached hydrogens (tertiary/aromatic N) is 1. The number of phosphoric acid groups is 1. The van der Waals surface area contributed by atoms with Crippen molar-refractivity contribution in [2.24, 2.45) is 0 Å². The number of allylic oxidation sites excluding steroid dienone is 7. The number of carbonyl (C=O) groups is 1. The van der Waals surface area contributed by atoms with Crippen molar-refractivity contribution < 1.29 is 32.9 Å². The highest BCUT2D eigenvalue weighted by molar-refractivity contribution is 7.45. The van der Waals surface area contributed by atoms with E-state index in [4.69, 9.17) is 9.05 Å². The molecule has 52 heavy (non-hydrogen) atoms. The molecule has 9 heteroatoms. The van der Waals surface area contributed by atoms with Gasteiger partial charge in [-0.05, 0) is 64.2 Å². The Morgan fingerprint density at radius 3 is 1.69 bits per heavy atom. The minimum absolute atomic E-state index is 0.00957. The first-order valence-electron chi connectivity index (χ1n) is 21.0. The lowest BCUT2D eigenvalue weighted by atomic mass is 10.1. The fourth-order valence-corrected chi connectivity index (χ4v) is 6.33. The largest absolute Gasteiger partial charge is 0.756 e. The van der Waals surface area contributed by atoms with E-state index >= 15 is 0 Å². The van der Waals surface area contributed by atoms with Gasteiger partial charge in [0.2, 0.25) is 5.91 Å². The van der Waals surface area contributed by atoms with Crippen LogP contribution in [0.25, 0.3) is 0 Å². The van der Waals surface area contributed by atoms with E-state index in [0.29, 0.717) is 17.4 Å². The van der Waals surface area contributed by atoms with Crippen molar-refractivity contribution in [3.63, 3.8) is 0 Å². The number of amides is 1. The van der Waals surface area contributed by atoms with Crippen LogP contribution < -0.4 is 10.2 Å². The summed E-state index contributed by atoms with van der Waals surface area (Å²) in [5.41, 5.74) is 0. The van der Waals surface area contributed by atoms with Crippen molar-refractivity contribution in [2.45, 2.75) is 180 Å². The molecule has 0 aliphatic rings. The SMILES string of the molecule is CCCCCC/C=C\C/C=C\CCCCCCCCCC(=O)NC(COP(=O)([O-])OCC[N+](C)(C)C)C(O)/C=C/CC/C=C/CCCCCCCC. The van der Waals surface area contributed by atoms with Crippen LogP contribution in [0.4, 0.5) is 0 Å². The van der Waals surface area contributed by atoms with Gasteiger partial charge in [-0.15, -0.1) is 0 Å². The van der Waals surface area contributed by atoms with E-state index in [9.17, 15) is 19.4 Å². The van der Waals surface area contributed by atoms with E-state index < -0.39 is 26.6 Å². The molecule has 0 radical (unpaired) electrons. The summed E-state index contributed by atoms with van der Waals surface area (Å²) in [5.74, 6) is -0.219. The number of aliphatic hydroxyl groups excluding tert-OH is 1. The Labute approximate surface area is 320 Å². The van der Waals surface area contributed by atoms with Crippen LogP contribution in [0.3, 0.4) is 0 Å². The Hall–Kier alpha value is -1.54. The van der Waals surface area contributed by atoms with Crippen molar-refractivity contribution in [3.8, 4) is 0 Å². The van der Waals surface area contributed by atoms with E-state index in [0.717, 1.165) is 57.8 Å². The van der Waals surface area contributed by atoms with Crippen LogP contribution in [0.5, 0.6) is 0 Å². The second-order valence-electron chi connectivity index (χ2n) is 15.3. The molecule has 0 aromatic heterocycles. The maximum atomic E-state index is 12.8. The van der Waals surface area contributed by atoms with Gasteiger partial charge in [0.05, 0.1) is 39.9 Å². The highest BCUT2D eigenvalue weighted by Gasteiger charge is 2.23. The molecule has 304 valence electrons. The molecule has 3 atom stereocenters. The van der Waals surface area contributed by atoms with Crippen molar-refractivity contribution in [3.05, 3.63) is 48.6 Å². The summed E-state index contributed by atoms with van der Waals surface area (Å²) in [6.07, 6.45) is 43.0. The van der Waals surface area contributed by atoms with E-state index in [1.165, 1.54) is 89.9 Å². The van der Waals surface area contributed by atoms with E-state index in [-0.39, 0.29) is 12.5 Å². The number of aliphatic hydroxyl groups is 1. The molecule has 2 N–H and O–H groups in total. The number of nitrogens with one attached hydrogen (secondary N) is 1. The van der Waals surface area contributed by atoms with Gasteiger partial charge in [-0.3, -0.25) is 9.36 Å². The first kappa shape index (κ1) is 50.5. The molecular weight excluding hydrogens is 671 g/mol. The quantitative estimate of drug-likeness (QED) is 0.0283. The summed E-state index contributed by atoms with van der Waals surface area (Å²) in [7, 11) is 1.23. The zero-order valence-electron chi connectivity index (χ0n) is 34.2. The Morgan fingerprint density at radius 2 is 1.13 bits per heavy atom. The molecule has 3 unspecified atom stereocenters. The van der Waals surface area contributed by atoms with E-state index in [1.54, 1.807) is 6.08 Å². The number of likely N-dealkylation sites (N-methyl/N-ethyl adjacent to an activating group) is 1. The Balaban J connectivity index is 4.49. The molecule has 0 rings (SSSR count). The first-order chi connectivity index (χ1) is 25.0. The van der Waals surface area contributed by atoms with Crippen molar-refractivity contribution in [1.29, 1.82) is 0 Å². The summed E-state index contributed by atoms with van der Waals surface area (Å²) in [6, 6.07) is -0.906. The van der Waals surface area contributed by atoms with Crippen molar-refractivity contribution in [1.82, 2.24) is 5.32 Å². The van der Waals surface area contributed by atoms with Gasteiger partial charge in [-0.25, -0.2) is 0 Å². The number of unbranched alkanes of at least 4 members (excludes halogenated alkanes) is 18. The summed E-state index contributed by atoms with van der Waals surface area (Å²) in [6.45, 7) is 4.56. The highest BCUT2D eigenvalue weighted by Crippen LogP contribution is 2.38. The fraction of sp³-hybridized carbons (Fsp3) is 0.791. The molecule has 0 aromatic rings. The number of quaternary nitrogens is 1. The first-order valence-corrected chi connectivity index (χ1v) is 22.5. The molecule has 1 amide bonds. The zero-order valence-corrected chi connectivity index (χ0v) is 35.1. The second-order valence-corrected chi connectivity index (χ2v) is 16.7. The van der Waals surface area contributed by atoms with Gasteiger partial charge in [0.15, 0.2) is 0 Å². The lowest BCUT2D eigenvalue weighted by Crippen LogP contribution is -2.45. The van der Waals surface area contributed by atoms with Crippen molar-refractivity contribution in [2.75, 3.05) is 40.9 Å². The molecule has 0 aromatic carbocycles. The molecule has 0 saturated carbocycles. The molecule has 0 fully saturated rings. The number of rotatable bonds is 37. The number of phosphoric ester groups is 1. The van der Waals surface area contributed by atoms with Gasteiger partial charge in [-0.1, -0.05) is 146 Å². The molecule has 0 saturated heterocycles. The Bertz CT molecular complexity index is 991. The predicted octanol–water partition coefficient (Wildman–Crippen LogP) is 10.7. The number of carbonyl (C=O) groups excluding carboxylic acids is 1. The summed E-state index contributed by atoms with van der Waals surface area (Å²) in [5, 5.41) is 13.7. The molecule has 8 nitrogen and oxygen atoms in total. The minimum atomic E-state index is -4.59. The molecular formula is C43H81N2O6P. The smallest absolute Gasteiger partial charge is 0.268 e. The van der Waals surface area contributed by atoms with Crippen LogP contribution in [0, 0.1) is 0 Å². The van der Waals surface area contributed by atoms with Crippen LogP contribution >= 0.6 is 7.82 Å². The van der Waals surface area contributed by atoms with Crippen LogP contribution in [0.15, 0.2) is 48.6 Å². The lowest BCUT2D eigenvalue weighted by Gasteiger charge is -2.29. The van der Waals surface area contributed by atoms with Crippen LogP contribution in [-0.4, -0.2) is 68.5 Å². The predicted molar refractivity (Wildman–Crippen MR) is 219 cm³/mol. The average Bonchev–Trinajstić information content (AvgIpc) is 3.09. The van der Waals surface area contributed by atoms with Gasteiger partial charge in [0.1, 0.15) is 13.2 Å². The normalized spacial score (nSPS) is 15.0. The third-order valence-electron chi connectivity index (χ3n) is 9.01. The second kappa shape index (κ2) is 35.2. The zero-order chi connectivity index (χ0) is 38.6. The average molecular weight is 753 g/mol. The van der Waals surface area contributed by atoms with E-state index in [1.807, 2.05) is 27.2 Å². The van der Waals surface area contributed by atoms with Gasteiger partial charge >= 0.3 is 0 Å². The number of hydrogen-bond donors (Lipinski definition) is 2. The standard InChI is InChI=1S/C43H81N2O6P/c1-6-8-10-12-14-16-18-20-21-22-23-24-25-27-29-31-33-35-37-43(47)44-41(40-51-52(48,49)50-39-38-45(3,4)5)42(46)36-34-32-30-28-26-19-17-15-13-11-9-7-2/h16,18,21-22,26,28,34,36,41-42,46H,6-15,17,19-20,23-25,27,29-33,35,37-40H2,1-5H3,(H-,44,47,48,49)/b18-16-,22-21-,28-26+,36-34+. The van der Waals surface area contributed by atoms with Gasteiger partial charge in [-0.2, -0.15) is 0 Å².